The topological polar surface area (TPSA) is 120 Å². The van der Waals surface area contributed by atoms with E-state index in [4.69, 9.17) is 14.2 Å². The van der Waals surface area contributed by atoms with Crippen molar-refractivity contribution in [3.63, 3.8) is 0 Å². The van der Waals surface area contributed by atoms with Crippen LogP contribution in [-0.4, -0.2) is 54.8 Å². The molecule has 0 radical (unpaired) electrons. The van der Waals surface area contributed by atoms with Crippen LogP contribution in [0, 0.1) is 0 Å². The Labute approximate surface area is 264 Å². The number of hydrogen-bond donors (Lipinski definition) is 2. The highest BCUT2D eigenvalue weighted by Crippen LogP contribution is 2.09. The van der Waals surface area contributed by atoms with Crippen molar-refractivity contribution >= 4 is 23.9 Å². The molecule has 0 aromatic carbocycles. The molecule has 0 bridgehead atoms. The number of nitrogens with one attached hydrogen (secondary N) is 2. The van der Waals surface area contributed by atoms with Gasteiger partial charge >= 0.3 is 18.0 Å². The van der Waals surface area contributed by atoms with Gasteiger partial charge in [-0.05, 0) is 79.6 Å². The second-order valence-corrected chi connectivity index (χ2v) is 11.0. The average Bonchev–Trinajstić information content (AvgIpc) is 2.95. The van der Waals surface area contributed by atoms with Crippen molar-refractivity contribution in [2.45, 2.75) is 117 Å². The van der Waals surface area contributed by atoms with E-state index in [1.54, 1.807) is 20.8 Å². The maximum atomic E-state index is 12.5. The Bertz CT molecular complexity index is 1030. The number of allylic oxidation sites excluding steroid dienone is 12. The molecule has 9 heteroatoms. The minimum absolute atomic E-state index is 0.209. The van der Waals surface area contributed by atoms with Gasteiger partial charge in [0.05, 0.1) is 7.11 Å². The van der Waals surface area contributed by atoms with Crippen LogP contribution in [0.25, 0.3) is 0 Å². The maximum Gasteiger partial charge on any atom is 0.408 e. The molecule has 2 N–H and O–H groups in total. The molecular formula is C35H54N2O7. The van der Waals surface area contributed by atoms with Crippen LogP contribution < -0.4 is 10.6 Å². The minimum atomic E-state index is -1.28. The fraction of sp³-hybridized carbons (Fsp3) is 0.543. The molecule has 3 atom stereocenters. The molecule has 0 saturated carbocycles. The van der Waals surface area contributed by atoms with Crippen molar-refractivity contribution in [2.75, 3.05) is 7.11 Å². The zero-order valence-corrected chi connectivity index (χ0v) is 27.7. The van der Waals surface area contributed by atoms with Crippen LogP contribution in [0.4, 0.5) is 4.79 Å². The molecule has 0 heterocycles. The van der Waals surface area contributed by atoms with E-state index in [1.165, 1.54) is 13.8 Å². The van der Waals surface area contributed by atoms with E-state index in [1.807, 2.05) is 12.2 Å². The van der Waals surface area contributed by atoms with Gasteiger partial charge in [0.1, 0.15) is 17.7 Å². The fourth-order valence-electron chi connectivity index (χ4n) is 3.51. The predicted molar refractivity (Wildman–Crippen MR) is 176 cm³/mol. The Hall–Kier alpha value is -3.88. The summed E-state index contributed by atoms with van der Waals surface area (Å²) in [6, 6.07) is -2.23. The first-order chi connectivity index (χ1) is 20.9. The number of rotatable bonds is 20. The molecule has 44 heavy (non-hydrogen) atoms. The second-order valence-electron chi connectivity index (χ2n) is 11.0. The first-order valence-corrected chi connectivity index (χ1v) is 15.4. The lowest BCUT2D eigenvalue weighted by Crippen LogP contribution is -2.52. The third-order valence-electron chi connectivity index (χ3n) is 5.76. The summed E-state index contributed by atoms with van der Waals surface area (Å²) in [6.45, 7) is 10.1. The molecule has 0 aromatic heterocycles. The van der Waals surface area contributed by atoms with Gasteiger partial charge in [0.15, 0.2) is 6.04 Å². The summed E-state index contributed by atoms with van der Waals surface area (Å²) >= 11 is 0. The van der Waals surface area contributed by atoms with Crippen molar-refractivity contribution in [1.29, 1.82) is 0 Å². The molecule has 0 aliphatic carbocycles. The SMILES string of the molecule is CCC=CCC=CCC=CCC=CCC=CCC=CCCC(=O)NC(C)C(=O)OC(C)C(NC(=O)OC(C)(C)C)C(=O)OC. The molecule has 0 aliphatic rings. The molecule has 0 aliphatic heterocycles. The van der Waals surface area contributed by atoms with E-state index in [0.29, 0.717) is 6.42 Å². The first kappa shape index (κ1) is 40.1. The third-order valence-corrected chi connectivity index (χ3v) is 5.76. The Morgan fingerprint density at radius 2 is 1.14 bits per heavy atom. The molecule has 0 fully saturated rings. The van der Waals surface area contributed by atoms with E-state index in [2.05, 4.69) is 78.3 Å². The summed E-state index contributed by atoms with van der Waals surface area (Å²) in [6.07, 6.45) is 29.9. The number of esters is 2. The zero-order chi connectivity index (χ0) is 33.2. The Balaban J connectivity index is 4.29. The van der Waals surface area contributed by atoms with Crippen molar-refractivity contribution in [3.05, 3.63) is 72.9 Å². The van der Waals surface area contributed by atoms with Crippen molar-refractivity contribution < 1.29 is 33.4 Å². The van der Waals surface area contributed by atoms with Crippen molar-refractivity contribution in [2.24, 2.45) is 0 Å². The van der Waals surface area contributed by atoms with Crippen LogP contribution in [0.1, 0.15) is 92.9 Å². The van der Waals surface area contributed by atoms with Crippen LogP contribution in [0.3, 0.4) is 0 Å². The minimum Gasteiger partial charge on any atom is -0.467 e. The van der Waals surface area contributed by atoms with Gasteiger partial charge in [0.2, 0.25) is 5.91 Å². The van der Waals surface area contributed by atoms with E-state index < -0.39 is 41.8 Å². The Morgan fingerprint density at radius 3 is 1.57 bits per heavy atom. The zero-order valence-electron chi connectivity index (χ0n) is 27.7. The normalized spacial score (nSPS) is 14.5. The van der Waals surface area contributed by atoms with Gasteiger partial charge < -0.3 is 24.8 Å². The van der Waals surface area contributed by atoms with Gasteiger partial charge in [-0.3, -0.25) is 4.79 Å². The van der Waals surface area contributed by atoms with E-state index in [-0.39, 0.29) is 12.3 Å². The lowest BCUT2D eigenvalue weighted by Gasteiger charge is -2.26. The average molecular weight is 615 g/mol. The van der Waals surface area contributed by atoms with Crippen LogP contribution >= 0.6 is 0 Å². The summed E-state index contributed by atoms with van der Waals surface area (Å²) < 4.78 is 15.2. The highest BCUT2D eigenvalue weighted by atomic mass is 16.6. The summed E-state index contributed by atoms with van der Waals surface area (Å²) in [5.74, 6) is -1.86. The lowest BCUT2D eigenvalue weighted by molar-refractivity contribution is -0.158. The molecule has 3 unspecified atom stereocenters. The summed E-state index contributed by atoms with van der Waals surface area (Å²) in [5, 5.41) is 4.95. The van der Waals surface area contributed by atoms with E-state index >= 15 is 0 Å². The number of carbonyl (C=O) groups excluding carboxylic acids is 4. The van der Waals surface area contributed by atoms with Crippen LogP contribution in [0.15, 0.2) is 72.9 Å². The molecule has 0 aromatic rings. The van der Waals surface area contributed by atoms with Crippen molar-refractivity contribution in [3.8, 4) is 0 Å². The van der Waals surface area contributed by atoms with Gasteiger partial charge in [0.25, 0.3) is 0 Å². The smallest absolute Gasteiger partial charge is 0.408 e. The first-order valence-electron chi connectivity index (χ1n) is 15.4. The van der Waals surface area contributed by atoms with Gasteiger partial charge in [-0.15, -0.1) is 0 Å². The number of ether oxygens (including phenoxy) is 3. The predicted octanol–water partition coefficient (Wildman–Crippen LogP) is 6.97. The Morgan fingerprint density at radius 1 is 0.682 bits per heavy atom. The molecule has 0 rings (SSSR count). The molecule has 9 nitrogen and oxygen atoms in total. The third kappa shape index (κ3) is 22.7. The quantitative estimate of drug-likeness (QED) is 0.0863. The molecule has 0 saturated heterocycles. The summed E-state index contributed by atoms with van der Waals surface area (Å²) in [4.78, 5) is 49.0. The van der Waals surface area contributed by atoms with Gasteiger partial charge in [-0.2, -0.15) is 0 Å². The monoisotopic (exact) mass is 614 g/mol. The van der Waals surface area contributed by atoms with Gasteiger partial charge in [-0.25, -0.2) is 14.4 Å². The van der Waals surface area contributed by atoms with Crippen LogP contribution in [0.5, 0.6) is 0 Å². The standard InChI is InChI=1S/C35H54N2O7/c1-8-9-10-11-12-13-14-15-16-17-18-19-20-21-22-23-24-25-26-27-30(38)36-28(2)32(39)43-29(3)31(33(40)42-7)37-34(41)44-35(4,5)6/h9-10,12-13,15-16,18-19,21-22,24-25,28-29,31H,8,11,14,17,20,23,26-27H2,1-7H3,(H,36,38)(H,37,41). The molecule has 246 valence electrons. The molecular weight excluding hydrogens is 560 g/mol. The summed E-state index contributed by atoms with van der Waals surface area (Å²) in [7, 11) is 1.15. The molecule has 2 amide bonds. The van der Waals surface area contributed by atoms with Crippen LogP contribution in [0.2, 0.25) is 0 Å². The van der Waals surface area contributed by atoms with Gasteiger partial charge in [-0.1, -0.05) is 79.8 Å². The highest BCUT2D eigenvalue weighted by Gasteiger charge is 2.33. The van der Waals surface area contributed by atoms with Gasteiger partial charge in [0, 0.05) is 6.42 Å². The van der Waals surface area contributed by atoms with E-state index in [0.717, 1.165) is 45.6 Å². The number of carbonyl (C=O) groups is 4. The second kappa shape index (κ2) is 24.6. The fourth-order valence-corrected chi connectivity index (χ4v) is 3.51. The molecule has 0 spiro atoms. The van der Waals surface area contributed by atoms with E-state index in [9.17, 15) is 19.2 Å². The summed E-state index contributed by atoms with van der Waals surface area (Å²) in [5.41, 5.74) is -0.783. The maximum absolute atomic E-state index is 12.5. The van der Waals surface area contributed by atoms with Crippen LogP contribution in [-0.2, 0) is 28.6 Å². The van der Waals surface area contributed by atoms with Crippen molar-refractivity contribution in [1.82, 2.24) is 10.6 Å². The number of methoxy groups -OCH3 is 1. The Kier molecular flexibility index (Phi) is 22.4. The highest BCUT2D eigenvalue weighted by molar-refractivity contribution is 5.85. The number of hydrogen-bond acceptors (Lipinski definition) is 7. The number of alkyl carbamates (subject to hydrolysis) is 1. The lowest BCUT2D eigenvalue weighted by atomic mass is 10.1. The number of amides is 2. The largest absolute Gasteiger partial charge is 0.467 e.